The Morgan fingerprint density at radius 2 is 2.00 bits per heavy atom. The van der Waals surface area contributed by atoms with Gasteiger partial charge in [0.2, 0.25) is 0 Å². The lowest BCUT2D eigenvalue weighted by Crippen LogP contribution is -2.43. The largest absolute Gasteiger partial charge is 0.349 e. The number of carbonyl (C=O) groups excluding carboxylic acids is 1. The third-order valence-corrected chi connectivity index (χ3v) is 7.46. The summed E-state index contributed by atoms with van der Waals surface area (Å²) < 4.78 is 1.06. The minimum Gasteiger partial charge on any atom is -0.349 e. The Morgan fingerprint density at radius 3 is 2.78 bits per heavy atom. The molecular weight excluding hydrogens is 420 g/mol. The van der Waals surface area contributed by atoms with Crippen LogP contribution in [0.2, 0.25) is 0 Å². The molecule has 5 heteroatoms. The number of thiophene rings is 1. The minimum atomic E-state index is 0.0106. The van der Waals surface area contributed by atoms with Crippen LogP contribution in [0.5, 0.6) is 0 Å². The molecule has 4 rings (SSSR count). The number of rotatable bonds is 3. The summed E-state index contributed by atoms with van der Waals surface area (Å²) in [5.41, 5.74) is 2.42. The van der Waals surface area contributed by atoms with E-state index in [9.17, 15) is 4.79 Å². The Balaban J connectivity index is 1.72. The van der Waals surface area contributed by atoms with Crippen LogP contribution in [0.25, 0.3) is 21.5 Å². The fourth-order valence-electron chi connectivity index (χ4n) is 3.97. The predicted molar refractivity (Wildman–Crippen MR) is 116 cm³/mol. The summed E-state index contributed by atoms with van der Waals surface area (Å²) in [4.78, 5) is 19.1. The standard InChI is InChI=1S/C22H23BrN2OS/c1-13-6-5-9-17(14(13)2)25-22(26)16-12-19(20-10-11-21(23)27-20)24-18-8-4-3-7-15(16)18/h3-4,7-8,10-14,17H,5-6,9H2,1-2H3,(H,25,26)/t13-,14+,17-/m1/s1. The highest BCUT2D eigenvalue weighted by Gasteiger charge is 2.29. The van der Waals surface area contributed by atoms with E-state index in [1.54, 1.807) is 11.3 Å². The number of aromatic nitrogens is 1. The molecule has 0 radical (unpaired) electrons. The van der Waals surface area contributed by atoms with Gasteiger partial charge in [0.15, 0.2) is 0 Å². The Bertz CT molecular complexity index is 983. The molecular formula is C22H23BrN2OS. The van der Waals surface area contributed by atoms with Crippen LogP contribution in [0, 0.1) is 11.8 Å². The van der Waals surface area contributed by atoms with Gasteiger partial charge in [-0.25, -0.2) is 4.98 Å². The number of benzene rings is 1. The Labute approximate surface area is 172 Å². The van der Waals surface area contributed by atoms with E-state index in [0.29, 0.717) is 17.4 Å². The molecule has 0 unspecified atom stereocenters. The van der Waals surface area contributed by atoms with Gasteiger partial charge in [-0.2, -0.15) is 0 Å². The minimum absolute atomic E-state index is 0.0106. The van der Waals surface area contributed by atoms with Gasteiger partial charge in [0.1, 0.15) is 0 Å². The monoisotopic (exact) mass is 442 g/mol. The molecule has 1 aliphatic carbocycles. The molecule has 27 heavy (non-hydrogen) atoms. The molecule has 2 heterocycles. The van der Waals surface area contributed by atoms with Crippen molar-refractivity contribution in [2.45, 2.75) is 39.2 Å². The first-order valence-electron chi connectivity index (χ1n) is 9.49. The Morgan fingerprint density at radius 1 is 1.19 bits per heavy atom. The van der Waals surface area contributed by atoms with E-state index in [1.807, 2.05) is 42.5 Å². The second-order valence-electron chi connectivity index (χ2n) is 7.52. The number of carbonyl (C=O) groups is 1. The number of halogens is 1. The number of hydrogen-bond donors (Lipinski definition) is 1. The molecule has 1 aromatic carbocycles. The van der Waals surface area contributed by atoms with Crippen LogP contribution in [0.15, 0.2) is 46.3 Å². The third kappa shape index (κ3) is 3.81. The summed E-state index contributed by atoms with van der Waals surface area (Å²) in [7, 11) is 0. The maximum absolute atomic E-state index is 13.2. The average Bonchev–Trinajstić information content (AvgIpc) is 3.11. The van der Waals surface area contributed by atoms with Crippen LogP contribution in [-0.2, 0) is 0 Å². The first-order chi connectivity index (χ1) is 13.0. The van der Waals surface area contributed by atoms with Gasteiger partial charge in [-0.15, -0.1) is 11.3 Å². The number of amides is 1. The molecule has 0 bridgehead atoms. The third-order valence-electron chi connectivity index (χ3n) is 5.81. The molecule has 3 nitrogen and oxygen atoms in total. The van der Waals surface area contributed by atoms with Gasteiger partial charge < -0.3 is 5.32 Å². The maximum atomic E-state index is 13.2. The molecule has 0 aliphatic heterocycles. The lowest BCUT2D eigenvalue weighted by Gasteiger charge is -2.34. The molecule has 1 amide bonds. The first-order valence-corrected chi connectivity index (χ1v) is 11.1. The van der Waals surface area contributed by atoms with E-state index < -0.39 is 0 Å². The van der Waals surface area contributed by atoms with Crippen molar-refractivity contribution in [3.63, 3.8) is 0 Å². The number of fused-ring (bicyclic) bond motifs is 1. The van der Waals surface area contributed by atoms with Crippen molar-refractivity contribution in [3.05, 3.63) is 51.8 Å². The first kappa shape index (κ1) is 18.6. The fraction of sp³-hybridized carbons (Fsp3) is 0.364. The molecule has 0 saturated heterocycles. The normalized spacial score (nSPS) is 22.7. The summed E-state index contributed by atoms with van der Waals surface area (Å²) in [5.74, 6) is 1.16. The topological polar surface area (TPSA) is 42.0 Å². The molecule has 1 aliphatic rings. The predicted octanol–water partition coefficient (Wildman–Crippen LogP) is 6.28. The van der Waals surface area contributed by atoms with Gasteiger partial charge in [0, 0.05) is 11.4 Å². The van der Waals surface area contributed by atoms with Crippen molar-refractivity contribution in [3.8, 4) is 10.6 Å². The lowest BCUT2D eigenvalue weighted by atomic mass is 9.78. The smallest absolute Gasteiger partial charge is 0.252 e. The molecule has 0 spiro atoms. The van der Waals surface area contributed by atoms with Crippen molar-refractivity contribution >= 4 is 44.1 Å². The highest BCUT2D eigenvalue weighted by molar-refractivity contribution is 9.11. The summed E-state index contributed by atoms with van der Waals surface area (Å²) >= 11 is 5.14. The van der Waals surface area contributed by atoms with Gasteiger partial charge in [-0.1, -0.05) is 44.9 Å². The van der Waals surface area contributed by atoms with Gasteiger partial charge >= 0.3 is 0 Å². The zero-order valence-corrected chi connectivity index (χ0v) is 17.9. The van der Waals surface area contributed by atoms with Gasteiger partial charge in [0.25, 0.3) is 5.91 Å². The summed E-state index contributed by atoms with van der Waals surface area (Å²) in [5, 5.41) is 4.23. The Kier molecular flexibility index (Phi) is 5.33. The summed E-state index contributed by atoms with van der Waals surface area (Å²) in [6, 6.07) is 14.1. The summed E-state index contributed by atoms with van der Waals surface area (Å²) in [6.45, 7) is 4.55. The number of nitrogens with one attached hydrogen (secondary N) is 1. The highest BCUT2D eigenvalue weighted by Crippen LogP contribution is 2.33. The van der Waals surface area contributed by atoms with Crippen molar-refractivity contribution in [2.75, 3.05) is 0 Å². The molecule has 3 aromatic rings. The molecule has 1 N–H and O–H groups in total. The van der Waals surface area contributed by atoms with E-state index >= 15 is 0 Å². The van der Waals surface area contributed by atoms with Crippen LogP contribution in [0.3, 0.4) is 0 Å². The maximum Gasteiger partial charge on any atom is 0.252 e. The van der Waals surface area contributed by atoms with Crippen LogP contribution in [0.4, 0.5) is 0 Å². The van der Waals surface area contributed by atoms with Crippen molar-refractivity contribution < 1.29 is 4.79 Å². The van der Waals surface area contributed by atoms with Crippen LogP contribution < -0.4 is 5.32 Å². The van der Waals surface area contributed by atoms with E-state index in [-0.39, 0.29) is 11.9 Å². The fourth-order valence-corrected chi connectivity index (χ4v) is 5.32. The average molecular weight is 443 g/mol. The molecule has 1 saturated carbocycles. The van der Waals surface area contributed by atoms with E-state index in [0.717, 1.165) is 31.7 Å². The van der Waals surface area contributed by atoms with Gasteiger partial charge in [-0.3, -0.25) is 4.79 Å². The Hall–Kier alpha value is -1.72. The number of hydrogen-bond acceptors (Lipinski definition) is 3. The van der Waals surface area contributed by atoms with E-state index in [4.69, 9.17) is 4.98 Å². The number of pyridine rings is 1. The zero-order chi connectivity index (χ0) is 19.0. The molecule has 140 valence electrons. The summed E-state index contributed by atoms with van der Waals surface area (Å²) in [6.07, 6.45) is 3.50. The van der Waals surface area contributed by atoms with Crippen molar-refractivity contribution in [1.82, 2.24) is 10.3 Å². The molecule has 2 aromatic heterocycles. The van der Waals surface area contributed by atoms with Crippen LogP contribution in [0.1, 0.15) is 43.5 Å². The quantitative estimate of drug-likeness (QED) is 0.518. The second-order valence-corrected chi connectivity index (χ2v) is 9.99. The lowest BCUT2D eigenvalue weighted by molar-refractivity contribution is 0.0892. The van der Waals surface area contributed by atoms with Crippen LogP contribution >= 0.6 is 27.3 Å². The zero-order valence-electron chi connectivity index (χ0n) is 15.5. The number of nitrogens with zero attached hydrogens (tertiary/aromatic N) is 1. The van der Waals surface area contributed by atoms with Crippen molar-refractivity contribution in [2.24, 2.45) is 11.8 Å². The SMILES string of the molecule is C[C@H]1[C@H](C)CCC[C@H]1NC(=O)c1cc(-c2ccc(Br)s2)nc2ccccc12. The highest BCUT2D eigenvalue weighted by atomic mass is 79.9. The van der Waals surface area contributed by atoms with E-state index in [2.05, 4.69) is 35.1 Å². The molecule has 3 atom stereocenters. The van der Waals surface area contributed by atoms with Gasteiger partial charge in [-0.05, 0) is 58.5 Å². The van der Waals surface area contributed by atoms with E-state index in [1.165, 1.54) is 12.8 Å². The number of para-hydroxylation sites is 1. The van der Waals surface area contributed by atoms with Gasteiger partial charge in [0.05, 0.1) is 25.4 Å². The van der Waals surface area contributed by atoms with Crippen molar-refractivity contribution in [1.29, 1.82) is 0 Å². The molecule has 1 fully saturated rings. The second kappa shape index (κ2) is 7.72. The van der Waals surface area contributed by atoms with Crippen LogP contribution in [-0.4, -0.2) is 16.9 Å².